The molecule has 0 radical (unpaired) electrons. The fraction of sp³-hybridized carbons (Fsp3) is 0.667. The van der Waals surface area contributed by atoms with Crippen molar-refractivity contribution in [3.05, 3.63) is 41.2 Å². The van der Waals surface area contributed by atoms with Gasteiger partial charge in [0.1, 0.15) is 0 Å². The minimum atomic E-state index is -2.49. The Bertz CT molecular complexity index is 592. The van der Waals surface area contributed by atoms with Gasteiger partial charge in [0.25, 0.3) is 5.79 Å². The van der Waals surface area contributed by atoms with Gasteiger partial charge in [-0.1, -0.05) is 57.3 Å². The normalized spacial score (nSPS) is 17.1. The summed E-state index contributed by atoms with van der Waals surface area (Å²) in [7, 11) is 1.13. The second-order valence-electron chi connectivity index (χ2n) is 7.62. The molecule has 1 rings (SSSR count). The van der Waals surface area contributed by atoms with E-state index in [1.807, 2.05) is 6.08 Å². The molecule has 1 atom stereocenters. The molecule has 2 N–H and O–H groups in total. The van der Waals surface area contributed by atoms with Gasteiger partial charge in [-0.25, -0.2) is 4.79 Å². The molecule has 0 aliphatic heterocycles. The van der Waals surface area contributed by atoms with Crippen LogP contribution in [0.15, 0.2) is 41.2 Å². The summed E-state index contributed by atoms with van der Waals surface area (Å²) < 4.78 is 4.36. The van der Waals surface area contributed by atoms with Crippen LogP contribution in [-0.4, -0.2) is 29.1 Å². The van der Waals surface area contributed by atoms with Gasteiger partial charge < -0.3 is 14.9 Å². The van der Waals surface area contributed by atoms with Crippen molar-refractivity contribution in [3.63, 3.8) is 0 Å². The molecule has 0 bridgehead atoms. The summed E-state index contributed by atoms with van der Waals surface area (Å²) in [5.74, 6) is -2.91. The Hall–Kier alpha value is -1.61. The number of methoxy groups -OCH3 is 1. The zero-order valence-electron chi connectivity index (χ0n) is 17.9. The average molecular weight is 391 g/mol. The molecule has 0 saturated heterocycles. The maximum Gasteiger partial charge on any atom is 0.366 e. The Kier molecular flexibility index (Phi) is 11.8. The molecule has 0 aromatic heterocycles. The van der Waals surface area contributed by atoms with Gasteiger partial charge in [-0.3, -0.25) is 0 Å². The third-order valence-corrected chi connectivity index (χ3v) is 5.30. The average Bonchev–Trinajstić information content (AvgIpc) is 3.05. The Morgan fingerprint density at radius 1 is 1.21 bits per heavy atom. The van der Waals surface area contributed by atoms with E-state index in [9.17, 15) is 15.0 Å². The summed E-state index contributed by atoms with van der Waals surface area (Å²) >= 11 is 0. The van der Waals surface area contributed by atoms with Gasteiger partial charge in [-0.15, -0.1) is 5.73 Å². The number of carbonyl (C=O) groups is 1. The van der Waals surface area contributed by atoms with Crippen LogP contribution in [0.3, 0.4) is 0 Å². The number of unbranched alkanes of at least 4 members (excludes halogenated alkanes) is 4. The number of carbonyl (C=O) groups excluding carboxylic acids is 1. The number of rotatable bonds is 13. The van der Waals surface area contributed by atoms with Crippen molar-refractivity contribution in [2.45, 2.75) is 90.3 Å². The number of ether oxygens (including phenoxy) is 1. The lowest BCUT2D eigenvalue weighted by molar-refractivity contribution is -0.205. The van der Waals surface area contributed by atoms with Gasteiger partial charge in [-0.05, 0) is 62.2 Å². The van der Waals surface area contributed by atoms with E-state index >= 15 is 0 Å². The highest BCUT2D eigenvalue weighted by Gasteiger charge is 2.32. The molecule has 0 fully saturated rings. The monoisotopic (exact) mass is 390 g/mol. The van der Waals surface area contributed by atoms with Crippen LogP contribution < -0.4 is 0 Å². The Balaban J connectivity index is 2.69. The van der Waals surface area contributed by atoms with Gasteiger partial charge in [0.2, 0.25) is 0 Å². The molecule has 0 amide bonds. The zero-order chi connectivity index (χ0) is 20.8. The van der Waals surface area contributed by atoms with Crippen LogP contribution in [0.4, 0.5) is 0 Å². The van der Waals surface area contributed by atoms with Gasteiger partial charge in [0, 0.05) is 6.42 Å². The smallest absolute Gasteiger partial charge is 0.366 e. The molecular weight excluding hydrogens is 352 g/mol. The summed E-state index contributed by atoms with van der Waals surface area (Å²) in [6.45, 7) is 4.46. The van der Waals surface area contributed by atoms with E-state index in [1.165, 1.54) is 62.2 Å². The van der Waals surface area contributed by atoms with Crippen molar-refractivity contribution in [3.8, 4) is 0 Å². The number of esters is 1. The summed E-state index contributed by atoms with van der Waals surface area (Å²) in [5, 5.41) is 19.2. The van der Waals surface area contributed by atoms with Crippen LogP contribution in [0.5, 0.6) is 0 Å². The molecule has 1 aliphatic rings. The summed E-state index contributed by atoms with van der Waals surface area (Å²) in [5.41, 5.74) is 5.93. The van der Waals surface area contributed by atoms with Crippen LogP contribution in [0.2, 0.25) is 0 Å². The number of hydrogen-bond donors (Lipinski definition) is 2. The standard InChI is InChI=1S/C24H38O4/c1-4-6-7-8-9-11-15-21-18-17-20(14-5-2)22(21)16-12-10-13-19-24(26,27)23(25)28-3/h11-13,15,20,26-27H,4-9,14,16-19H2,1-3H3/t10?,20-/m0/s1. The molecule has 0 aromatic rings. The second-order valence-corrected chi connectivity index (χ2v) is 7.62. The van der Waals surface area contributed by atoms with Crippen molar-refractivity contribution in [2.24, 2.45) is 5.92 Å². The Morgan fingerprint density at radius 3 is 2.68 bits per heavy atom. The molecule has 0 saturated carbocycles. The van der Waals surface area contributed by atoms with Crippen molar-refractivity contribution < 1.29 is 19.7 Å². The predicted octanol–water partition coefficient (Wildman–Crippen LogP) is 5.37. The minimum Gasteiger partial charge on any atom is -0.465 e. The Labute approximate surface area is 170 Å². The fourth-order valence-corrected chi connectivity index (χ4v) is 3.70. The van der Waals surface area contributed by atoms with Gasteiger partial charge >= 0.3 is 5.97 Å². The zero-order valence-corrected chi connectivity index (χ0v) is 17.9. The van der Waals surface area contributed by atoms with E-state index in [2.05, 4.69) is 36.5 Å². The highest BCUT2D eigenvalue weighted by atomic mass is 16.6. The van der Waals surface area contributed by atoms with Crippen LogP contribution >= 0.6 is 0 Å². The molecule has 4 heteroatoms. The molecule has 1 aliphatic carbocycles. The number of allylic oxidation sites excluding steroid dienone is 4. The maximum absolute atomic E-state index is 11.3. The quantitative estimate of drug-likeness (QED) is 0.192. The van der Waals surface area contributed by atoms with Gasteiger partial charge in [-0.2, -0.15) is 0 Å². The van der Waals surface area contributed by atoms with Crippen LogP contribution in [0, 0.1) is 5.92 Å². The summed E-state index contributed by atoms with van der Waals surface area (Å²) in [4.78, 5) is 11.3. The maximum atomic E-state index is 11.3. The second kappa shape index (κ2) is 13.5. The van der Waals surface area contributed by atoms with E-state index < -0.39 is 11.8 Å². The van der Waals surface area contributed by atoms with E-state index in [1.54, 1.807) is 0 Å². The fourth-order valence-electron chi connectivity index (χ4n) is 3.70. The first-order chi connectivity index (χ1) is 13.5. The molecule has 28 heavy (non-hydrogen) atoms. The predicted molar refractivity (Wildman–Crippen MR) is 114 cm³/mol. The first-order valence-electron chi connectivity index (χ1n) is 10.8. The Morgan fingerprint density at radius 2 is 2.00 bits per heavy atom. The minimum absolute atomic E-state index is 0.238. The van der Waals surface area contributed by atoms with Gasteiger partial charge in [0.05, 0.1) is 7.11 Å². The topological polar surface area (TPSA) is 66.8 Å². The highest BCUT2D eigenvalue weighted by molar-refractivity contribution is 5.77. The molecule has 0 unspecified atom stereocenters. The third kappa shape index (κ3) is 8.60. The van der Waals surface area contributed by atoms with Crippen molar-refractivity contribution in [1.29, 1.82) is 0 Å². The van der Waals surface area contributed by atoms with Gasteiger partial charge in [0.15, 0.2) is 0 Å². The van der Waals surface area contributed by atoms with E-state index in [0.29, 0.717) is 5.92 Å². The SMILES string of the molecule is CCCCCCC=CC1=C(CC=C=CCC(O)(O)C(=O)OC)[C@@H](CCC)CC1. The molecular formula is C24H38O4. The van der Waals surface area contributed by atoms with E-state index in [-0.39, 0.29) is 6.42 Å². The van der Waals surface area contributed by atoms with Crippen molar-refractivity contribution in [2.75, 3.05) is 7.11 Å². The lowest BCUT2D eigenvalue weighted by Crippen LogP contribution is -2.38. The molecule has 0 spiro atoms. The first-order valence-corrected chi connectivity index (χ1v) is 10.8. The molecule has 4 nitrogen and oxygen atoms in total. The molecule has 0 heterocycles. The summed E-state index contributed by atoms with van der Waals surface area (Å²) in [6.07, 6.45) is 19.7. The largest absolute Gasteiger partial charge is 0.465 e. The van der Waals surface area contributed by atoms with E-state index in [0.717, 1.165) is 26.4 Å². The van der Waals surface area contributed by atoms with Crippen LogP contribution in [0.25, 0.3) is 0 Å². The molecule has 0 aromatic carbocycles. The highest BCUT2D eigenvalue weighted by Crippen LogP contribution is 2.37. The lowest BCUT2D eigenvalue weighted by atomic mass is 9.93. The van der Waals surface area contributed by atoms with Crippen LogP contribution in [-0.2, 0) is 9.53 Å². The lowest BCUT2D eigenvalue weighted by Gasteiger charge is -2.15. The number of hydrogen-bond acceptors (Lipinski definition) is 4. The van der Waals surface area contributed by atoms with Crippen LogP contribution in [0.1, 0.15) is 84.5 Å². The third-order valence-electron chi connectivity index (χ3n) is 5.30. The van der Waals surface area contributed by atoms with E-state index in [4.69, 9.17) is 0 Å². The van der Waals surface area contributed by atoms with Crippen molar-refractivity contribution >= 4 is 5.97 Å². The molecule has 158 valence electrons. The first kappa shape index (κ1) is 24.4. The van der Waals surface area contributed by atoms with Crippen molar-refractivity contribution in [1.82, 2.24) is 0 Å². The summed E-state index contributed by atoms with van der Waals surface area (Å²) in [6, 6.07) is 0. The number of aliphatic hydroxyl groups is 2.